The average molecular weight is 471 g/mol. The second-order valence-electron chi connectivity index (χ2n) is 6.99. The van der Waals surface area contributed by atoms with Crippen molar-refractivity contribution in [3.05, 3.63) is 62.9 Å². The van der Waals surface area contributed by atoms with Crippen molar-refractivity contribution in [3.8, 4) is 5.75 Å². The summed E-state index contributed by atoms with van der Waals surface area (Å²) in [6.45, 7) is 0.162. The summed E-state index contributed by atoms with van der Waals surface area (Å²) in [5.74, 6) is 0.00538. The third-order valence-electron chi connectivity index (χ3n) is 5.01. The number of aromatic nitrogens is 2. The average Bonchev–Trinajstić information content (AvgIpc) is 3.40. The van der Waals surface area contributed by atoms with Gasteiger partial charge in [-0.05, 0) is 29.1 Å². The highest BCUT2D eigenvalue weighted by molar-refractivity contribution is 7.10. The molecule has 1 aliphatic rings. The van der Waals surface area contributed by atoms with E-state index < -0.39 is 24.2 Å². The number of nitrogens with zero attached hydrogens (tertiary/aromatic N) is 2. The number of rotatable bonds is 5. The van der Waals surface area contributed by atoms with E-state index in [1.54, 1.807) is 48.9 Å². The van der Waals surface area contributed by atoms with Crippen LogP contribution in [0.3, 0.4) is 0 Å². The minimum atomic E-state index is -4.54. The normalized spacial score (nSPS) is 18.2. The summed E-state index contributed by atoms with van der Waals surface area (Å²) >= 11 is 7.67. The number of benzene rings is 1. The number of fused-ring (bicyclic) bond motifs is 1. The molecule has 3 heterocycles. The van der Waals surface area contributed by atoms with Crippen molar-refractivity contribution in [2.75, 3.05) is 12.4 Å². The lowest BCUT2D eigenvalue weighted by molar-refractivity contribution is -0.173. The maximum atomic E-state index is 13.8. The molecule has 4 rings (SSSR count). The van der Waals surface area contributed by atoms with E-state index in [9.17, 15) is 18.0 Å². The molecule has 0 fully saturated rings. The molecule has 0 spiro atoms. The van der Waals surface area contributed by atoms with Gasteiger partial charge >= 0.3 is 6.18 Å². The highest BCUT2D eigenvalue weighted by Gasteiger charge is 2.48. The van der Waals surface area contributed by atoms with Gasteiger partial charge < -0.3 is 15.4 Å². The molecule has 31 heavy (non-hydrogen) atoms. The number of anilines is 1. The van der Waals surface area contributed by atoms with Gasteiger partial charge in [0, 0.05) is 17.8 Å². The van der Waals surface area contributed by atoms with Crippen molar-refractivity contribution in [1.82, 2.24) is 15.1 Å². The molecule has 0 unspecified atom stereocenters. The molecule has 0 saturated carbocycles. The molecular weight excluding hydrogens is 453 g/mol. The number of methoxy groups -OCH3 is 1. The van der Waals surface area contributed by atoms with Gasteiger partial charge in [0.15, 0.2) is 11.7 Å². The smallest absolute Gasteiger partial charge is 0.410 e. The van der Waals surface area contributed by atoms with Crippen LogP contribution < -0.4 is 15.4 Å². The van der Waals surface area contributed by atoms with Crippen LogP contribution in [0, 0.1) is 0 Å². The second-order valence-corrected chi connectivity index (χ2v) is 8.35. The molecule has 1 aliphatic heterocycles. The van der Waals surface area contributed by atoms with E-state index in [2.05, 4.69) is 15.7 Å². The molecule has 6 nitrogen and oxygen atoms in total. The van der Waals surface area contributed by atoms with Crippen LogP contribution in [0.2, 0.25) is 5.02 Å². The molecule has 164 valence electrons. The number of thiophene rings is 1. The van der Waals surface area contributed by atoms with Crippen LogP contribution in [0.4, 0.5) is 19.0 Å². The van der Waals surface area contributed by atoms with Crippen LogP contribution in [0.15, 0.2) is 41.8 Å². The fourth-order valence-electron chi connectivity index (χ4n) is 3.42. The number of nitrogens with one attached hydrogen (secondary N) is 2. The third kappa shape index (κ3) is 4.35. The summed E-state index contributed by atoms with van der Waals surface area (Å²) < 4.78 is 47.2. The Labute approximate surface area is 185 Å². The topological polar surface area (TPSA) is 68.2 Å². The Bertz CT molecular complexity index is 1070. The van der Waals surface area contributed by atoms with Crippen molar-refractivity contribution < 1.29 is 22.7 Å². The quantitative estimate of drug-likeness (QED) is 0.538. The molecule has 11 heteroatoms. The predicted octanol–water partition coefficient (Wildman–Crippen LogP) is 5.20. The van der Waals surface area contributed by atoms with E-state index in [-0.39, 0.29) is 29.5 Å². The molecule has 2 aromatic heterocycles. The SMILES string of the molecule is COc1ccc(CNC(=O)c2nn3c(c2Cl)N[C@H](c2cccs2)C[C@@H]3C(F)(F)F)cc1. The number of halogens is 4. The van der Waals surface area contributed by atoms with Crippen LogP contribution in [0.25, 0.3) is 0 Å². The molecule has 1 aromatic carbocycles. The molecule has 0 radical (unpaired) electrons. The molecule has 2 atom stereocenters. The Morgan fingerprint density at radius 3 is 2.71 bits per heavy atom. The lowest BCUT2D eigenvalue weighted by atomic mass is 10.0. The lowest BCUT2D eigenvalue weighted by Gasteiger charge is -2.32. The van der Waals surface area contributed by atoms with Gasteiger partial charge in [-0.25, -0.2) is 4.68 Å². The monoisotopic (exact) mass is 470 g/mol. The van der Waals surface area contributed by atoms with Gasteiger partial charge in [0.05, 0.1) is 13.2 Å². The first-order chi connectivity index (χ1) is 14.8. The van der Waals surface area contributed by atoms with Gasteiger partial charge in [0.1, 0.15) is 16.6 Å². The van der Waals surface area contributed by atoms with E-state index in [0.717, 1.165) is 15.1 Å². The number of alkyl halides is 3. The first-order valence-electron chi connectivity index (χ1n) is 9.33. The molecule has 2 N–H and O–H groups in total. The van der Waals surface area contributed by atoms with Gasteiger partial charge in [-0.15, -0.1) is 11.3 Å². The summed E-state index contributed by atoms with van der Waals surface area (Å²) in [5.41, 5.74) is 0.539. The minimum Gasteiger partial charge on any atom is -0.497 e. The fourth-order valence-corrected chi connectivity index (χ4v) is 4.48. The first kappa shape index (κ1) is 21.5. The Morgan fingerprint density at radius 2 is 2.10 bits per heavy atom. The van der Waals surface area contributed by atoms with Crippen molar-refractivity contribution in [2.45, 2.75) is 31.2 Å². The summed E-state index contributed by atoms with van der Waals surface area (Å²) in [4.78, 5) is 13.4. The highest BCUT2D eigenvalue weighted by Crippen LogP contribution is 2.46. The van der Waals surface area contributed by atoms with Gasteiger partial charge in [-0.2, -0.15) is 18.3 Å². The third-order valence-corrected chi connectivity index (χ3v) is 6.35. The molecule has 1 amide bonds. The summed E-state index contributed by atoms with van der Waals surface area (Å²) in [6, 6.07) is 8.09. The standard InChI is InChI=1S/C20H18ClF3N4O2S/c1-30-12-6-4-11(5-7-12)10-25-19(29)17-16(21)18-26-13(14-3-2-8-31-14)9-15(20(22,23)24)28(18)27-17/h2-8,13,15,26H,9-10H2,1H3,(H,25,29)/t13-,15+/m0/s1. The molecular formula is C20H18ClF3N4O2S. The Hall–Kier alpha value is -2.72. The number of carbonyl (C=O) groups excluding carboxylic acids is 1. The summed E-state index contributed by atoms with van der Waals surface area (Å²) in [7, 11) is 1.55. The zero-order valence-electron chi connectivity index (χ0n) is 16.2. The Morgan fingerprint density at radius 1 is 1.35 bits per heavy atom. The Kier molecular flexibility index (Phi) is 5.85. The summed E-state index contributed by atoms with van der Waals surface area (Å²) in [6.07, 6.45) is -4.79. The van der Waals surface area contributed by atoms with E-state index >= 15 is 0 Å². The van der Waals surface area contributed by atoms with E-state index in [1.807, 2.05) is 0 Å². The van der Waals surface area contributed by atoms with E-state index in [1.165, 1.54) is 11.3 Å². The van der Waals surface area contributed by atoms with Crippen molar-refractivity contribution in [1.29, 1.82) is 0 Å². The van der Waals surface area contributed by atoms with Crippen LogP contribution in [0.1, 0.15) is 39.4 Å². The number of carbonyl (C=O) groups is 1. The van der Waals surface area contributed by atoms with Gasteiger partial charge in [0.25, 0.3) is 5.91 Å². The molecule has 0 saturated heterocycles. The maximum Gasteiger partial charge on any atom is 0.410 e. The number of ether oxygens (including phenoxy) is 1. The maximum absolute atomic E-state index is 13.8. The zero-order chi connectivity index (χ0) is 22.2. The number of hydrogen-bond acceptors (Lipinski definition) is 5. The predicted molar refractivity (Wildman–Crippen MR) is 112 cm³/mol. The van der Waals surface area contributed by atoms with Gasteiger partial charge in [-0.3, -0.25) is 4.79 Å². The first-order valence-corrected chi connectivity index (χ1v) is 10.6. The fraction of sp³-hybridized carbons (Fsp3) is 0.300. The second kappa shape index (κ2) is 8.43. The van der Waals surface area contributed by atoms with Crippen LogP contribution >= 0.6 is 22.9 Å². The van der Waals surface area contributed by atoms with E-state index in [4.69, 9.17) is 16.3 Å². The summed E-state index contributed by atoms with van der Waals surface area (Å²) in [5, 5.41) is 11.3. The van der Waals surface area contributed by atoms with Crippen LogP contribution in [0.5, 0.6) is 5.75 Å². The van der Waals surface area contributed by atoms with Gasteiger partial charge in [-0.1, -0.05) is 29.8 Å². The number of amides is 1. The van der Waals surface area contributed by atoms with Crippen LogP contribution in [-0.2, 0) is 6.54 Å². The van der Waals surface area contributed by atoms with E-state index in [0.29, 0.717) is 5.75 Å². The molecule has 3 aromatic rings. The minimum absolute atomic E-state index is 0.0109. The van der Waals surface area contributed by atoms with Crippen LogP contribution in [-0.4, -0.2) is 29.0 Å². The van der Waals surface area contributed by atoms with Gasteiger partial charge in [0.2, 0.25) is 0 Å². The molecule has 0 bridgehead atoms. The van der Waals surface area contributed by atoms with Crippen molar-refractivity contribution >= 4 is 34.7 Å². The number of hydrogen-bond donors (Lipinski definition) is 2. The van der Waals surface area contributed by atoms with Crippen molar-refractivity contribution in [2.24, 2.45) is 0 Å². The molecule has 0 aliphatic carbocycles. The Balaban J connectivity index is 1.58. The highest BCUT2D eigenvalue weighted by atomic mass is 35.5. The van der Waals surface area contributed by atoms with Crippen molar-refractivity contribution in [3.63, 3.8) is 0 Å². The largest absolute Gasteiger partial charge is 0.497 e. The lowest BCUT2D eigenvalue weighted by Crippen LogP contribution is -2.35. The zero-order valence-corrected chi connectivity index (χ0v) is 17.8.